The fourth-order valence-electron chi connectivity index (χ4n) is 3.50. The van der Waals surface area contributed by atoms with Crippen LogP contribution in [0.2, 0.25) is 0 Å². The Bertz CT molecular complexity index is 1130. The first-order chi connectivity index (χ1) is 15.0. The van der Waals surface area contributed by atoms with Gasteiger partial charge in [0.1, 0.15) is 0 Å². The van der Waals surface area contributed by atoms with Gasteiger partial charge in [-0.3, -0.25) is 4.79 Å². The molecule has 0 saturated carbocycles. The van der Waals surface area contributed by atoms with E-state index in [0.717, 1.165) is 24.0 Å². The van der Waals surface area contributed by atoms with Crippen molar-refractivity contribution >= 4 is 15.9 Å². The maximum Gasteiger partial charge on any atom is 0.251 e. The van der Waals surface area contributed by atoms with E-state index in [-0.39, 0.29) is 10.8 Å². The predicted molar refractivity (Wildman–Crippen MR) is 118 cm³/mol. The zero-order chi connectivity index (χ0) is 21.7. The molecule has 0 atom stereocenters. The molecular weight excluding hydrogens is 412 g/mol. The molecule has 0 aliphatic carbocycles. The van der Waals surface area contributed by atoms with Crippen molar-refractivity contribution < 1.29 is 13.2 Å². The van der Waals surface area contributed by atoms with Gasteiger partial charge in [0.15, 0.2) is 5.82 Å². The van der Waals surface area contributed by atoms with E-state index in [1.165, 1.54) is 16.4 Å². The molecule has 1 aromatic heterocycles. The molecule has 4 rings (SSSR count). The maximum atomic E-state index is 12.6. The predicted octanol–water partition coefficient (Wildman–Crippen LogP) is 2.90. The second-order valence-corrected chi connectivity index (χ2v) is 9.36. The third-order valence-electron chi connectivity index (χ3n) is 5.26. The number of benzene rings is 2. The lowest BCUT2D eigenvalue weighted by Crippen LogP contribution is -2.28. The van der Waals surface area contributed by atoms with Gasteiger partial charge in [-0.2, -0.15) is 4.31 Å². The van der Waals surface area contributed by atoms with E-state index >= 15 is 0 Å². The summed E-state index contributed by atoms with van der Waals surface area (Å²) in [6.45, 7) is 1.54. The second kappa shape index (κ2) is 9.36. The lowest BCUT2D eigenvalue weighted by Gasteiger charge is -2.15. The first-order valence-electron chi connectivity index (χ1n) is 10.3. The van der Waals surface area contributed by atoms with E-state index in [1.54, 1.807) is 24.5 Å². The van der Waals surface area contributed by atoms with Crippen LogP contribution in [0.5, 0.6) is 0 Å². The van der Waals surface area contributed by atoms with Gasteiger partial charge in [-0.1, -0.05) is 30.3 Å². The summed E-state index contributed by atoms with van der Waals surface area (Å²) in [5.74, 6) is 0.421. The highest BCUT2D eigenvalue weighted by Gasteiger charge is 2.27. The zero-order valence-electron chi connectivity index (χ0n) is 17.1. The third-order valence-corrected chi connectivity index (χ3v) is 7.17. The fraction of sp³-hybridized carbons (Fsp3) is 0.261. The van der Waals surface area contributed by atoms with Crippen molar-refractivity contribution in [2.24, 2.45) is 0 Å². The number of carbonyl (C=O) groups is 1. The molecule has 1 aliphatic heterocycles. The van der Waals surface area contributed by atoms with Crippen LogP contribution in [0.3, 0.4) is 0 Å². The van der Waals surface area contributed by atoms with Gasteiger partial charge in [0.2, 0.25) is 10.0 Å². The number of nitrogens with zero attached hydrogens (tertiary/aromatic N) is 3. The molecule has 160 valence electrons. The summed E-state index contributed by atoms with van der Waals surface area (Å²) in [5.41, 5.74) is 2.31. The van der Waals surface area contributed by atoms with Crippen LogP contribution in [0.4, 0.5) is 0 Å². The number of aromatic nitrogens is 2. The van der Waals surface area contributed by atoms with Crippen molar-refractivity contribution in [2.45, 2.75) is 24.2 Å². The van der Waals surface area contributed by atoms with Crippen molar-refractivity contribution in [3.63, 3.8) is 0 Å². The number of sulfonamides is 1. The number of amides is 1. The van der Waals surface area contributed by atoms with E-state index in [2.05, 4.69) is 15.3 Å². The monoisotopic (exact) mass is 436 g/mol. The lowest BCUT2D eigenvalue weighted by atomic mass is 10.2. The smallest absolute Gasteiger partial charge is 0.251 e. The Labute approximate surface area is 182 Å². The third kappa shape index (κ3) is 4.98. The van der Waals surface area contributed by atoms with Gasteiger partial charge in [0.05, 0.1) is 4.90 Å². The topological polar surface area (TPSA) is 92.3 Å². The number of carbonyl (C=O) groups excluding carboxylic acids is 1. The Hall–Kier alpha value is -3.10. The summed E-state index contributed by atoms with van der Waals surface area (Å²) in [6.07, 6.45) is 5.90. The summed E-state index contributed by atoms with van der Waals surface area (Å²) in [6, 6.07) is 15.8. The number of hydrogen-bond acceptors (Lipinski definition) is 5. The molecule has 1 N–H and O–H groups in total. The molecule has 0 spiro atoms. The SMILES string of the molecule is O=C(NCCc1cnc(-c2ccccc2)nc1)c1ccc(S(=O)(=O)N2CCCC2)cc1. The molecule has 0 bridgehead atoms. The molecule has 31 heavy (non-hydrogen) atoms. The minimum absolute atomic E-state index is 0.224. The van der Waals surface area contributed by atoms with E-state index in [4.69, 9.17) is 0 Å². The molecular formula is C23H24N4O3S. The zero-order valence-corrected chi connectivity index (χ0v) is 17.9. The average Bonchev–Trinajstić information content (AvgIpc) is 3.36. The maximum absolute atomic E-state index is 12.6. The van der Waals surface area contributed by atoms with Crippen LogP contribution in [-0.2, 0) is 16.4 Å². The molecule has 0 radical (unpaired) electrons. The summed E-state index contributed by atoms with van der Waals surface area (Å²) in [7, 11) is -3.47. The molecule has 1 amide bonds. The minimum Gasteiger partial charge on any atom is -0.352 e. The summed E-state index contributed by atoms with van der Waals surface area (Å²) in [4.78, 5) is 21.4. The summed E-state index contributed by atoms with van der Waals surface area (Å²) < 4.78 is 26.6. The number of hydrogen-bond donors (Lipinski definition) is 1. The summed E-state index contributed by atoms with van der Waals surface area (Å²) >= 11 is 0. The van der Waals surface area contributed by atoms with Gasteiger partial charge in [-0.15, -0.1) is 0 Å². The molecule has 1 fully saturated rings. The Balaban J connectivity index is 1.31. The quantitative estimate of drug-likeness (QED) is 0.615. The van der Waals surface area contributed by atoms with E-state index < -0.39 is 10.0 Å². The minimum atomic E-state index is -3.47. The number of rotatable bonds is 7. The average molecular weight is 437 g/mol. The van der Waals surface area contributed by atoms with Crippen molar-refractivity contribution in [1.29, 1.82) is 0 Å². The normalized spacial score (nSPS) is 14.5. The van der Waals surface area contributed by atoms with Crippen LogP contribution < -0.4 is 5.32 Å². The lowest BCUT2D eigenvalue weighted by molar-refractivity contribution is 0.0954. The van der Waals surface area contributed by atoms with Crippen molar-refractivity contribution in [3.8, 4) is 11.4 Å². The molecule has 2 heterocycles. The van der Waals surface area contributed by atoms with Gasteiger partial charge in [-0.05, 0) is 49.1 Å². The molecule has 8 heteroatoms. The standard InChI is InChI=1S/C23H24N4O3S/c28-23(20-8-10-21(11-9-20)31(29,30)27-14-4-5-15-27)24-13-12-18-16-25-22(26-17-18)19-6-2-1-3-7-19/h1-3,6-11,16-17H,4-5,12-15H2,(H,24,28). The molecule has 1 aliphatic rings. The van der Waals surface area contributed by atoms with Gasteiger partial charge < -0.3 is 5.32 Å². The Morgan fingerprint density at radius 1 is 0.935 bits per heavy atom. The van der Waals surface area contributed by atoms with Crippen molar-refractivity contribution in [2.75, 3.05) is 19.6 Å². The van der Waals surface area contributed by atoms with Crippen LogP contribution in [-0.4, -0.2) is 48.2 Å². The molecule has 0 unspecified atom stereocenters. The van der Waals surface area contributed by atoms with E-state index in [9.17, 15) is 13.2 Å². The van der Waals surface area contributed by atoms with Gasteiger partial charge in [-0.25, -0.2) is 18.4 Å². The van der Waals surface area contributed by atoms with Gasteiger partial charge >= 0.3 is 0 Å². The molecule has 7 nitrogen and oxygen atoms in total. The highest BCUT2D eigenvalue weighted by atomic mass is 32.2. The molecule has 2 aromatic carbocycles. The van der Waals surface area contributed by atoms with Crippen molar-refractivity contribution in [1.82, 2.24) is 19.6 Å². The molecule has 1 saturated heterocycles. The first kappa shape index (κ1) is 21.1. The van der Waals surface area contributed by atoms with E-state index in [1.807, 2.05) is 30.3 Å². The fourth-order valence-corrected chi connectivity index (χ4v) is 5.02. The summed E-state index contributed by atoms with van der Waals surface area (Å²) in [5, 5.41) is 2.85. The Kier molecular flexibility index (Phi) is 6.39. The van der Waals surface area contributed by atoms with Crippen LogP contribution in [0.1, 0.15) is 28.8 Å². The van der Waals surface area contributed by atoms with Crippen LogP contribution in [0.25, 0.3) is 11.4 Å². The second-order valence-electron chi connectivity index (χ2n) is 7.42. The largest absolute Gasteiger partial charge is 0.352 e. The number of nitrogens with one attached hydrogen (secondary N) is 1. The van der Waals surface area contributed by atoms with Crippen LogP contribution >= 0.6 is 0 Å². The Morgan fingerprint density at radius 2 is 1.58 bits per heavy atom. The van der Waals surface area contributed by atoms with Crippen LogP contribution in [0.15, 0.2) is 71.9 Å². The van der Waals surface area contributed by atoms with Gasteiger partial charge in [0, 0.05) is 43.2 Å². The highest BCUT2D eigenvalue weighted by Crippen LogP contribution is 2.21. The van der Waals surface area contributed by atoms with Crippen molar-refractivity contribution in [3.05, 3.63) is 78.1 Å². The van der Waals surface area contributed by atoms with Crippen LogP contribution in [0, 0.1) is 0 Å². The highest BCUT2D eigenvalue weighted by molar-refractivity contribution is 7.89. The Morgan fingerprint density at radius 3 is 2.23 bits per heavy atom. The van der Waals surface area contributed by atoms with Gasteiger partial charge in [0.25, 0.3) is 5.91 Å². The molecule has 3 aromatic rings. The van der Waals surface area contributed by atoms with E-state index in [0.29, 0.717) is 37.4 Å². The first-order valence-corrected chi connectivity index (χ1v) is 11.7.